The first-order valence-electron chi connectivity index (χ1n) is 4.05. The molecule has 1 aromatic heterocycles. The molecule has 1 saturated heterocycles. The van der Waals surface area contributed by atoms with Crippen LogP contribution in [0.3, 0.4) is 0 Å². The second-order valence-electron chi connectivity index (χ2n) is 3.19. The van der Waals surface area contributed by atoms with Gasteiger partial charge in [-0.1, -0.05) is 5.21 Å². The van der Waals surface area contributed by atoms with Crippen molar-refractivity contribution in [2.24, 2.45) is 0 Å². The Hall–Kier alpha value is -1.59. The van der Waals surface area contributed by atoms with Gasteiger partial charge in [-0.25, -0.2) is 4.79 Å². The number of aromatic amines is 1. The Morgan fingerprint density at radius 1 is 1.85 bits per heavy atom. The van der Waals surface area contributed by atoms with Gasteiger partial charge in [-0.3, -0.25) is 5.10 Å². The molecule has 2 unspecified atom stereocenters. The summed E-state index contributed by atoms with van der Waals surface area (Å²) < 4.78 is 0. The third kappa shape index (κ3) is 1.14. The second-order valence-corrected chi connectivity index (χ2v) is 3.19. The minimum Gasteiger partial charge on any atom is -0.465 e. The molecule has 1 aliphatic rings. The average molecular weight is 182 g/mol. The quantitative estimate of drug-likeness (QED) is 0.653. The molecule has 1 aromatic rings. The molecule has 13 heavy (non-hydrogen) atoms. The topological polar surface area (TPSA) is 82.1 Å². The van der Waals surface area contributed by atoms with Gasteiger partial charge in [0.25, 0.3) is 0 Å². The van der Waals surface area contributed by atoms with Gasteiger partial charge in [0.2, 0.25) is 0 Å². The van der Waals surface area contributed by atoms with Gasteiger partial charge in [0, 0.05) is 18.5 Å². The van der Waals surface area contributed by atoms with Crippen molar-refractivity contribution in [1.82, 2.24) is 20.3 Å². The van der Waals surface area contributed by atoms with Crippen LogP contribution in [0.4, 0.5) is 4.79 Å². The van der Waals surface area contributed by atoms with E-state index in [1.54, 1.807) is 6.20 Å². The largest absolute Gasteiger partial charge is 0.465 e. The highest BCUT2D eigenvalue weighted by Crippen LogP contribution is 2.31. The summed E-state index contributed by atoms with van der Waals surface area (Å²) in [6.07, 6.45) is 0.775. The van der Waals surface area contributed by atoms with E-state index in [1.165, 1.54) is 4.90 Å². The Balaban J connectivity index is 2.05. The molecule has 6 heteroatoms. The van der Waals surface area contributed by atoms with Crippen LogP contribution in [-0.4, -0.2) is 44.1 Å². The number of hydrogen-bond acceptors (Lipinski definition) is 3. The predicted octanol–water partition coefficient (Wildman–Crippen LogP) is 0.270. The number of carbonyl (C=O) groups is 1. The third-order valence-electron chi connectivity index (χ3n) is 2.55. The molecule has 2 rings (SSSR count). The molecule has 0 aromatic carbocycles. The van der Waals surface area contributed by atoms with Crippen molar-refractivity contribution in [3.8, 4) is 0 Å². The highest BCUT2D eigenvalue weighted by molar-refractivity contribution is 5.67. The molecule has 2 atom stereocenters. The smallest absolute Gasteiger partial charge is 0.407 e. The number of amides is 1. The lowest BCUT2D eigenvalue weighted by Gasteiger charge is -2.43. The minimum absolute atomic E-state index is 0.0137. The van der Waals surface area contributed by atoms with E-state index in [0.717, 1.165) is 5.69 Å². The fourth-order valence-electron chi connectivity index (χ4n) is 1.61. The van der Waals surface area contributed by atoms with E-state index in [9.17, 15) is 4.79 Å². The van der Waals surface area contributed by atoms with Crippen molar-refractivity contribution in [2.45, 2.75) is 18.9 Å². The van der Waals surface area contributed by atoms with Gasteiger partial charge < -0.3 is 10.0 Å². The normalized spacial score (nSPS) is 27.0. The van der Waals surface area contributed by atoms with Crippen molar-refractivity contribution in [3.05, 3.63) is 11.9 Å². The summed E-state index contributed by atoms with van der Waals surface area (Å²) in [6.45, 7) is 2.41. The summed E-state index contributed by atoms with van der Waals surface area (Å²) in [4.78, 5) is 12.0. The van der Waals surface area contributed by atoms with Gasteiger partial charge in [-0.2, -0.15) is 0 Å². The summed E-state index contributed by atoms with van der Waals surface area (Å²) in [7, 11) is 0. The van der Waals surface area contributed by atoms with E-state index >= 15 is 0 Å². The second kappa shape index (κ2) is 2.72. The standard InChI is InChI=1S/C7H10N4O2/c1-4-5(3-11(4)7(12)13)6-2-8-10-9-6/h2,4-5H,3H2,1H3,(H,12,13)(H,8,9,10). The zero-order valence-electron chi connectivity index (χ0n) is 7.14. The van der Waals surface area contributed by atoms with Gasteiger partial charge >= 0.3 is 6.09 Å². The van der Waals surface area contributed by atoms with Crippen molar-refractivity contribution in [2.75, 3.05) is 6.54 Å². The first-order chi connectivity index (χ1) is 6.20. The number of H-pyrrole nitrogens is 1. The van der Waals surface area contributed by atoms with E-state index in [0.29, 0.717) is 6.54 Å². The van der Waals surface area contributed by atoms with Crippen LogP contribution in [0.5, 0.6) is 0 Å². The van der Waals surface area contributed by atoms with Crippen molar-refractivity contribution in [3.63, 3.8) is 0 Å². The lowest BCUT2D eigenvalue weighted by atomic mass is 9.88. The highest BCUT2D eigenvalue weighted by atomic mass is 16.4. The summed E-state index contributed by atoms with van der Waals surface area (Å²) in [5, 5.41) is 18.7. The van der Waals surface area contributed by atoms with Gasteiger partial charge in [0.1, 0.15) is 0 Å². The zero-order valence-corrected chi connectivity index (χ0v) is 7.14. The number of hydrogen-bond donors (Lipinski definition) is 2. The molecule has 2 N–H and O–H groups in total. The number of likely N-dealkylation sites (tertiary alicyclic amines) is 1. The minimum atomic E-state index is -0.865. The average Bonchev–Trinajstić information content (AvgIpc) is 2.54. The van der Waals surface area contributed by atoms with Gasteiger partial charge in [0.15, 0.2) is 0 Å². The molecule has 2 heterocycles. The van der Waals surface area contributed by atoms with Crippen molar-refractivity contribution < 1.29 is 9.90 Å². The first-order valence-corrected chi connectivity index (χ1v) is 4.05. The predicted molar refractivity (Wildman–Crippen MR) is 43.3 cm³/mol. The van der Waals surface area contributed by atoms with Crippen molar-refractivity contribution >= 4 is 6.09 Å². The van der Waals surface area contributed by atoms with Crippen LogP contribution in [0.2, 0.25) is 0 Å². The number of nitrogens with one attached hydrogen (secondary N) is 1. The molecule has 0 bridgehead atoms. The molecule has 70 valence electrons. The first kappa shape index (κ1) is 8.03. The van der Waals surface area contributed by atoms with Crippen LogP contribution in [0.25, 0.3) is 0 Å². The summed E-state index contributed by atoms with van der Waals surface area (Å²) in [5.74, 6) is 0.214. The Morgan fingerprint density at radius 3 is 3.08 bits per heavy atom. The molecular weight excluding hydrogens is 172 g/mol. The summed E-state index contributed by atoms with van der Waals surface area (Å²) >= 11 is 0. The molecule has 0 radical (unpaired) electrons. The molecular formula is C7H10N4O2. The maximum Gasteiger partial charge on any atom is 0.407 e. The Kier molecular flexibility index (Phi) is 1.68. The van der Waals surface area contributed by atoms with E-state index < -0.39 is 6.09 Å². The fraction of sp³-hybridized carbons (Fsp3) is 0.571. The van der Waals surface area contributed by atoms with Crippen LogP contribution < -0.4 is 0 Å². The molecule has 1 aliphatic heterocycles. The fourth-order valence-corrected chi connectivity index (χ4v) is 1.61. The Morgan fingerprint density at radius 2 is 2.62 bits per heavy atom. The zero-order chi connectivity index (χ0) is 9.42. The summed E-state index contributed by atoms with van der Waals surface area (Å²) in [5.41, 5.74) is 0.907. The van der Waals surface area contributed by atoms with Crippen molar-refractivity contribution in [1.29, 1.82) is 0 Å². The van der Waals surface area contributed by atoms with E-state index in [4.69, 9.17) is 5.11 Å². The number of rotatable bonds is 1. The van der Waals surface area contributed by atoms with Crippen LogP contribution in [-0.2, 0) is 0 Å². The molecule has 0 spiro atoms. The number of nitrogens with zero attached hydrogens (tertiary/aromatic N) is 3. The van der Waals surface area contributed by atoms with Crippen LogP contribution in [0.1, 0.15) is 18.5 Å². The third-order valence-corrected chi connectivity index (χ3v) is 2.55. The monoisotopic (exact) mass is 182 g/mol. The van der Waals surface area contributed by atoms with E-state index in [-0.39, 0.29) is 12.0 Å². The van der Waals surface area contributed by atoms with Crippen LogP contribution in [0, 0.1) is 0 Å². The van der Waals surface area contributed by atoms with Gasteiger partial charge in [-0.15, -0.1) is 5.10 Å². The number of aromatic nitrogens is 3. The van der Waals surface area contributed by atoms with Crippen LogP contribution >= 0.6 is 0 Å². The Bertz CT molecular complexity index is 310. The highest BCUT2D eigenvalue weighted by Gasteiger charge is 2.40. The maximum atomic E-state index is 10.6. The summed E-state index contributed by atoms with van der Waals surface area (Å²) in [6, 6.07) is 0.0137. The molecule has 0 aliphatic carbocycles. The molecule has 1 amide bonds. The molecule has 6 nitrogen and oxygen atoms in total. The Labute approximate surface area is 74.6 Å². The molecule has 0 saturated carbocycles. The molecule has 1 fully saturated rings. The maximum absolute atomic E-state index is 10.6. The lowest BCUT2D eigenvalue weighted by Crippen LogP contribution is -2.55. The van der Waals surface area contributed by atoms with E-state index in [1.807, 2.05) is 6.92 Å². The lowest BCUT2D eigenvalue weighted by molar-refractivity contribution is 0.0633. The van der Waals surface area contributed by atoms with Gasteiger partial charge in [0.05, 0.1) is 11.9 Å². The number of carboxylic acid groups (broad SMARTS) is 1. The SMILES string of the molecule is CC1C(c2cnn[nH]2)CN1C(=O)O. The van der Waals surface area contributed by atoms with E-state index in [2.05, 4.69) is 15.4 Å². The van der Waals surface area contributed by atoms with Crippen LogP contribution in [0.15, 0.2) is 6.20 Å². The van der Waals surface area contributed by atoms with Gasteiger partial charge in [-0.05, 0) is 6.92 Å².